The second-order valence-corrected chi connectivity index (χ2v) is 4.86. The van der Waals surface area contributed by atoms with Crippen LogP contribution >= 0.6 is 0 Å². The topological polar surface area (TPSA) is 29.5 Å². The van der Waals surface area contributed by atoms with Crippen molar-refractivity contribution in [2.45, 2.75) is 12.8 Å². The predicted molar refractivity (Wildman–Crippen MR) is 93.7 cm³/mol. The van der Waals surface area contributed by atoms with Gasteiger partial charge in [-0.3, -0.25) is 0 Å². The van der Waals surface area contributed by atoms with E-state index < -0.39 is 0 Å². The second kappa shape index (κ2) is 8.66. The zero-order valence-corrected chi connectivity index (χ0v) is 14.4. The summed E-state index contributed by atoms with van der Waals surface area (Å²) >= 11 is 0. The maximum absolute atomic E-state index is 10.1. The van der Waals surface area contributed by atoms with Crippen molar-refractivity contribution in [3.05, 3.63) is 72.8 Å². The van der Waals surface area contributed by atoms with E-state index in [0.29, 0.717) is 0 Å². The molecule has 0 atom stereocenters. The van der Waals surface area contributed by atoms with Crippen molar-refractivity contribution in [2.75, 3.05) is 7.11 Å². The quantitative estimate of drug-likeness (QED) is 0.642. The van der Waals surface area contributed by atoms with Crippen LogP contribution in [-0.4, -0.2) is 35.3 Å². The van der Waals surface area contributed by atoms with Gasteiger partial charge in [0.2, 0.25) is 0 Å². The molecule has 0 aliphatic rings. The van der Waals surface area contributed by atoms with Crippen LogP contribution in [0.3, 0.4) is 0 Å². The van der Waals surface area contributed by atoms with Crippen LogP contribution in [0.25, 0.3) is 11.1 Å². The molecule has 2 rings (SSSR count). The molecule has 3 heteroatoms. The van der Waals surface area contributed by atoms with Crippen molar-refractivity contribution in [2.24, 2.45) is 0 Å². The molecule has 0 amide bonds. The molecule has 1 N–H and O–H groups in total. The fraction of sp³-hybridized carbons (Fsp3) is 0.158. The van der Waals surface area contributed by atoms with Crippen molar-refractivity contribution in [3.8, 4) is 22.6 Å². The summed E-state index contributed by atoms with van der Waals surface area (Å²) in [4.78, 5) is 0. The molecule has 2 aromatic rings. The minimum atomic E-state index is 0. The van der Waals surface area contributed by atoms with Gasteiger partial charge in [-0.2, -0.15) is 0 Å². The number of phenolic OH excluding ortho intramolecular Hbond substituents is 1. The summed E-state index contributed by atoms with van der Waals surface area (Å²) < 4.78 is 5.36. The zero-order valence-electron chi connectivity index (χ0n) is 13.0. The molecule has 0 bridgehead atoms. The Morgan fingerprint density at radius 3 is 2.41 bits per heavy atom. The van der Waals surface area contributed by atoms with Gasteiger partial charge >= 0.3 is 23.1 Å². The van der Waals surface area contributed by atoms with E-state index in [1.807, 2.05) is 42.5 Å². The van der Waals surface area contributed by atoms with Crippen LogP contribution in [0.1, 0.15) is 11.1 Å². The molecular formula is C19H20MgO2+2. The summed E-state index contributed by atoms with van der Waals surface area (Å²) in [7, 11) is 1.66. The van der Waals surface area contributed by atoms with Crippen molar-refractivity contribution < 1.29 is 9.84 Å². The Morgan fingerprint density at radius 1 is 1.05 bits per heavy atom. The normalized spacial score (nSPS) is 9.68. The minimum Gasteiger partial charge on any atom is -0.507 e. The molecule has 108 valence electrons. The third-order valence-corrected chi connectivity index (χ3v) is 3.40. The number of hydrogen-bond acceptors (Lipinski definition) is 2. The van der Waals surface area contributed by atoms with E-state index in [2.05, 4.69) is 13.2 Å². The Labute approximate surface area is 148 Å². The summed E-state index contributed by atoms with van der Waals surface area (Å²) in [5, 5.41) is 10.1. The van der Waals surface area contributed by atoms with Crippen LogP contribution in [0.5, 0.6) is 11.5 Å². The van der Waals surface area contributed by atoms with Gasteiger partial charge in [-0.15, -0.1) is 13.2 Å². The minimum absolute atomic E-state index is 0. The van der Waals surface area contributed by atoms with Crippen LogP contribution < -0.4 is 4.74 Å². The van der Waals surface area contributed by atoms with Gasteiger partial charge in [0, 0.05) is 5.56 Å². The average molecular weight is 305 g/mol. The zero-order chi connectivity index (χ0) is 15.2. The first-order chi connectivity index (χ1) is 10.2. The average Bonchev–Trinajstić information content (AvgIpc) is 2.50. The van der Waals surface area contributed by atoms with E-state index in [1.54, 1.807) is 13.2 Å². The SMILES string of the molecule is C=CCc1ccc(O)c(-c2ccc(OC)c(CC=C)c2)c1.[Mg+2]. The van der Waals surface area contributed by atoms with E-state index >= 15 is 0 Å². The van der Waals surface area contributed by atoms with Crippen LogP contribution in [-0.2, 0) is 12.8 Å². The largest absolute Gasteiger partial charge is 2.00 e. The molecule has 2 aromatic carbocycles. The van der Waals surface area contributed by atoms with Crippen molar-refractivity contribution in [3.63, 3.8) is 0 Å². The molecule has 0 aliphatic carbocycles. The van der Waals surface area contributed by atoms with Crippen molar-refractivity contribution in [1.82, 2.24) is 0 Å². The molecule has 0 saturated carbocycles. The molecule has 0 heterocycles. The summed E-state index contributed by atoms with van der Waals surface area (Å²) in [6, 6.07) is 11.6. The molecule has 0 aliphatic heterocycles. The third kappa shape index (κ3) is 4.15. The molecule has 0 spiro atoms. The number of phenols is 1. The first-order valence-corrected chi connectivity index (χ1v) is 6.90. The number of hydrogen-bond donors (Lipinski definition) is 1. The Hall–Kier alpha value is -1.71. The van der Waals surface area contributed by atoms with Crippen molar-refractivity contribution >= 4 is 23.1 Å². The number of benzene rings is 2. The standard InChI is InChI=1S/C19H20O2.Mg/c1-4-6-14-8-10-18(20)17(12-14)15-9-11-19(21-3)16(13-15)7-5-2;/h4-5,8-13,20H,1-2,6-7H2,3H3;/q;+2. The molecular weight excluding hydrogens is 285 g/mol. The molecule has 22 heavy (non-hydrogen) atoms. The number of rotatable bonds is 6. The van der Waals surface area contributed by atoms with Crippen LogP contribution in [0.2, 0.25) is 0 Å². The summed E-state index contributed by atoms with van der Waals surface area (Å²) in [6.45, 7) is 7.53. The molecule has 0 aromatic heterocycles. The number of allylic oxidation sites excluding steroid dienone is 2. The van der Waals surface area contributed by atoms with Gasteiger partial charge in [-0.1, -0.05) is 24.3 Å². The van der Waals surface area contributed by atoms with Gasteiger partial charge in [-0.05, 0) is 53.8 Å². The van der Waals surface area contributed by atoms with Gasteiger partial charge < -0.3 is 9.84 Å². The Bertz CT molecular complexity index is 662. The maximum Gasteiger partial charge on any atom is 2.00 e. The molecule has 2 nitrogen and oxygen atoms in total. The summed E-state index contributed by atoms with van der Waals surface area (Å²) in [5.41, 5.74) is 3.97. The number of aromatic hydroxyl groups is 1. The Kier molecular flexibility index (Phi) is 7.22. The van der Waals surface area contributed by atoms with E-state index in [9.17, 15) is 5.11 Å². The Morgan fingerprint density at radius 2 is 1.77 bits per heavy atom. The number of methoxy groups -OCH3 is 1. The smallest absolute Gasteiger partial charge is 0.507 e. The van der Waals surface area contributed by atoms with E-state index in [-0.39, 0.29) is 28.8 Å². The first kappa shape index (κ1) is 18.3. The van der Waals surface area contributed by atoms with Crippen LogP contribution in [0.15, 0.2) is 61.7 Å². The fourth-order valence-electron chi connectivity index (χ4n) is 2.37. The molecule has 0 unspecified atom stereocenters. The van der Waals surface area contributed by atoms with Gasteiger partial charge in [-0.25, -0.2) is 0 Å². The van der Waals surface area contributed by atoms with E-state index in [0.717, 1.165) is 40.8 Å². The van der Waals surface area contributed by atoms with Gasteiger partial charge in [0.25, 0.3) is 0 Å². The summed E-state index contributed by atoms with van der Waals surface area (Å²) in [5.74, 6) is 1.11. The number of ether oxygens (including phenoxy) is 1. The monoisotopic (exact) mass is 304 g/mol. The van der Waals surface area contributed by atoms with Gasteiger partial charge in [0.15, 0.2) is 0 Å². The van der Waals surface area contributed by atoms with Gasteiger partial charge in [0.05, 0.1) is 7.11 Å². The predicted octanol–water partition coefficient (Wildman–Crippen LogP) is 4.14. The molecule has 0 saturated heterocycles. The first-order valence-electron chi connectivity index (χ1n) is 6.90. The van der Waals surface area contributed by atoms with E-state index in [1.165, 1.54) is 0 Å². The fourth-order valence-corrected chi connectivity index (χ4v) is 2.37. The summed E-state index contributed by atoms with van der Waals surface area (Å²) in [6.07, 6.45) is 5.20. The van der Waals surface area contributed by atoms with Gasteiger partial charge in [0.1, 0.15) is 11.5 Å². The van der Waals surface area contributed by atoms with Crippen LogP contribution in [0.4, 0.5) is 0 Å². The molecule has 0 radical (unpaired) electrons. The Balaban J connectivity index is 0.00000242. The third-order valence-electron chi connectivity index (χ3n) is 3.40. The second-order valence-electron chi connectivity index (χ2n) is 4.86. The maximum atomic E-state index is 10.1. The van der Waals surface area contributed by atoms with Crippen LogP contribution in [0, 0.1) is 0 Å². The molecule has 0 fully saturated rings. The van der Waals surface area contributed by atoms with E-state index in [4.69, 9.17) is 4.74 Å². The van der Waals surface area contributed by atoms with Crippen molar-refractivity contribution in [1.29, 1.82) is 0 Å².